The molecule has 25 heavy (non-hydrogen) atoms. The van der Waals surface area contributed by atoms with Crippen LogP contribution in [0.4, 0.5) is 0 Å². The smallest absolute Gasteiger partial charge is 0.271 e. The van der Waals surface area contributed by atoms with Crippen molar-refractivity contribution in [1.29, 1.82) is 0 Å². The lowest BCUT2D eigenvalue weighted by molar-refractivity contribution is 0.0410. The van der Waals surface area contributed by atoms with Gasteiger partial charge in [0.05, 0.1) is 18.5 Å². The number of carbonyl (C=O) groups excluding carboxylic acids is 1. The number of nitrogens with one attached hydrogen (secondary N) is 1. The predicted molar refractivity (Wildman–Crippen MR) is 92.5 cm³/mol. The van der Waals surface area contributed by atoms with E-state index in [-0.39, 0.29) is 12.0 Å². The SMILES string of the molecule is O=C(NC[C@H]1OCCc2ccccc21)c1cnnn1-c1ccccc1. The molecule has 0 saturated heterocycles. The van der Waals surface area contributed by atoms with E-state index in [1.165, 1.54) is 16.4 Å². The molecule has 0 saturated carbocycles. The van der Waals surface area contributed by atoms with Crippen LogP contribution in [0, 0.1) is 0 Å². The zero-order valence-corrected chi connectivity index (χ0v) is 13.6. The summed E-state index contributed by atoms with van der Waals surface area (Å²) in [6.07, 6.45) is 2.25. The van der Waals surface area contributed by atoms with Crippen molar-refractivity contribution in [2.75, 3.05) is 13.2 Å². The minimum absolute atomic E-state index is 0.130. The van der Waals surface area contributed by atoms with Crippen LogP contribution in [-0.4, -0.2) is 34.1 Å². The molecule has 0 aliphatic carbocycles. The normalized spacial score (nSPS) is 16.2. The van der Waals surface area contributed by atoms with Gasteiger partial charge in [-0.2, -0.15) is 0 Å². The van der Waals surface area contributed by atoms with Crippen molar-refractivity contribution in [3.63, 3.8) is 0 Å². The van der Waals surface area contributed by atoms with Gasteiger partial charge in [-0.1, -0.05) is 47.7 Å². The highest BCUT2D eigenvalue weighted by Gasteiger charge is 2.22. The van der Waals surface area contributed by atoms with Gasteiger partial charge in [-0.25, -0.2) is 4.68 Å². The summed E-state index contributed by atoms with van der Waals surface area (Å²) in [6.45, 7) is 1.08. The first-order chi connectivity index (χ1) is 12.3. The fourth-order valence-corrected chi connectivity index (χ4v) is 3.07. The van der Waals surface area contributed by atoms with Crippen molar-refractivity contribution in [2.45, 2.75) is 12.5 Å². The molecule has 6 heteroatoms. The van der Waals surface area contributed by atoms with Gasteiger partial charge in [0, 0.05) is 6.54 Å². The molecule has 0 unspecified atom stereocenters. The Hall–Kier alpha value is -2.99. The molecule has 1 aliphatic heterocycles. The molecule has 2 aromatic carbocycles. The van der Waals surface area contributed by atoms with Crippen molar-refractivity contribution in [3.8, 4) is 5.69 Å². The number of carbonyl (C=O) groups is 1. The first-order valence-corrected chi connectivity index (χ1v) is 8.26. The molecule has 2 heterocycles. The highest BCUT2D eigenvalue weighted by molar-refractivity contribution is 5.92. The van der Waals surface area contributed by atoms with Gasteiger partial charge in [-0.3, -0.25) is 4.79 Å². The number of hydrogen-bond donors (Lipinski definition) is 1. The summed E-state index contributed by atoms with van der Waals surface area (Å²) in [5.74, 6) is -0.222. The molecule has 1 aromatic heterocycles. The van der Waals surface area contributed by atoms with Crippen molar-refractivity contribution in [3.05, 3.63) is 77.6 Å². The lowest BCUT2D eigenvalue weighted by atomic mass is 9.97. The van der Waals surface area contributed by atoms with Gasteiger partial charge in [0.25, 0.3) is 5.91 Å². The topological polar surface area (TPSA) is 69.0 Å². The molecule has 126 valence electrons. The molecule has 0 radical (unpaired) electrons. The number of benzene rings is 2. The number of para-hydroxylation sites is 1. The summed E-state index contributed by atoms with van der Waals surface area (Å²) in [5, 5.41) is 10.8. The molecule has 1 aliphatic rings. The Balaban J connectivity index is 1.49. The van der Waals surface area contributed by atoms with Crippen LogP contribution < -0.4 is 5.32 Å². The van der Waals surface area contributed by atoms with Gasteiger partial charge >= 0.3 is 0 Å². The summed E-state index contributed by atoms with van der Waals surface area (Å²) in [7, 11) is 0. The second-order valence-corrected chi connectivity index (χ2v) is 5.88. The van der Waals surface area contributed by atoms with E-state index in [4.69, 9.17) is 4.74 Å². The molecular weight excluding hydrogens is 316 g/mol. The number of nitrogens with zero attached hydrogens (tertiary/aromatic N) is 3. The standard InChI is InChI=1S/C19H18N4O2/c24-19(17-12-21-22-23(17)15-7-2-1-3-8-15)20-13-18-16-9-5-4-6-14(16)10-11-25-18/h1-9,12,18H,10-11,13H2,(H,20,24)/t18-/m1/s1. The third-order valence-electron chi connectivity index (χ3n) is 4.32. The summed E-state index contributed by atoms with van der Waals surface area (Å²) in [5.41, 5.74) is 3.62. The first kappa shape index (κ1) is 15.5. The lowest BCUT2D eigenvalue weighted by Gasteiger charge is -2.26. The van der Waals surface area contributed by atoms with E-state index >= 15 is 0 Å². The molecule has 6 nitrogen and oxygen atoms in total. The van der Waals surface area contributed by atoms with Crippen molar-refractivity contribution < 1.29 is 9.53 Å². The van der Waals surface area contributed by atoms with Crippen molar-refractivity contribution in [2.24, 2.45) is 0 Å². The Kier molecular flexibility index (Phi) is 4.26. The number of aromatic nitrogens is 3. The molecular formula is C19H18N4O2. The minimum Gasteiger partial charge on any atom is -0.371 e. The zero-order valence-electron chi connectivity index (χ0n) is 13.6. The third kappa shape index (κ3) is 3.16. The maximum Gasteiger partial charge on any atom is 0.271 e. The molecule has 3 aromatic rings. The Morgan fingerprint density at radius 2 is 1.96 bits per heavy atom. The Morgan fingerprint density at radius 3 is 2.84 bits per heavy atom. The summed E-state index contributed by atoms with van der Waals surface area (Å²) >= 11 is 0. The Morgan fingerprint density at radius 1 is 1.16 bits per heavy atom. The third-order valence-corrected chi connectivity index (χ3v) is 4.32. The van der Waals surface area contributed by atoms with Crippen LogP contribution in [-0.2, 0) is 11.2 Å². The number of ether oxygens (including phenoxy) is 1. The number of amides is 1. The largest absolute Gasteiger partial charge is 0.371 e. The average Bonchev–Trinajstić information content (AvgIpc) is 3.17. The van der Waals surface area contributed by atoms with Crippen LogP contribution >= 0.6 is 0 Å². The predicted octanol–water partition coefficient (Wildman–Crippen LogP) is 2.31. The lowest BCUT2D eigenvalue weighted by Crippen LogP contribution is -2.33. The van der Waals surface area contributed by atoms with Crippen LogP contribution in [0.2, 0.25) is 0 Å². The Bertz CT molecular complexity index is 876. The van der Waals surface area contributed by atoms with Crippen molar-refractivity contribution in [1.82, 2.24) is 20.3 Å². The van der Waals surface area contributed by atoms with Gasteiger partial charge in [-0.05, 0) is 29.7 Å². The molecule has 0 spiro atoms. The van der Waals surface area contributed by atoms with Gasteiger partial charge in [0.2, 0.25) is 0 Å². The molecule has 1 amide bonds. The first-order valence-electron chi connectivity index (χ1n) is 8.26. The van der Waals surface area contributed by atoms with Crippen LogP contribution in [0.25, 0.3) is 5.69 Å². The zero-order chi connectivity index (χ0) is 17.1. The average molecular weight is 334 g/mol. The summed E-state index contributed by atoms with van der Waals surface area (Å²) < 4.78 is 7.37. The molecule has 0 fully saturated rings. The number of rotatable bonds is 4. The van der Waals surface area contributed by atoms with Crippen molar-refractivity contribution >= 4 is 5.91 Å². The maximum absolute atomic E-state index is 12.6. The fourth-order valence-electron chi connectivity index (χ4n) is 3.07. The van der Waals surface area contributed by atoms with E-state index in [1.54, 1.807) is 0 Å². The monoisotopic (exact) mass is 334 g/mol. The second-order valence-electron chi connectivity index (χ2n) is 5.88. The van der Waals surface area contributed by atoms with Gasteiger partial charge in [0.1, 0.15) is 6.10 Å². The maximum atomic E-state index is 12.6. The van der Waals surface area contributed by atoms with Gasteiger partial charge in [-0.15, -0.1) is 5.10 Å². The number of hydrogen-bond acceptors (Lipinski definition) is 4. The quantitative estimate of drug-likeness (QED) is 0.795. The van der Waals surface area contributed by atoms with Crippen LogP contribution in [0.5, 0.6) is 0 Å². The molecule has 1 N–H and O–H groups in total. The Labute approximate surface area is 145 Å². The highest BCUT2D eigenvalue weighted by Crippen LogP contribution is 2.26. The van der Waals surface area contributed by atoms with Gasteiger partial charge in [0.15, 0.2) is 5.69 Å². The fraction of sp³-hybridized carbons (Fsp3) is 0.211. The molecule has 1 atom stereocenters. The van der Waals surface area contributed by atoms with E-state index < -0.39 is 0 Å². The van der Waals surface area contributed by atoms with Crippen LogP contribution in [0.1, 0.15) is 27.7 Å². The highest BCUT2D eigenvalue weighted by atomic mass is 16.5. The van der Waals surface area contributed by atoms with E-state index in [2.05, 4.69) is 27.8 Å². The second kappa shape index (κ2) is 6.86. The summed E-state index contributed by atoms with van der Waals surface area (Å²) in [6, 6.07) is 17.7. The van der Waals surface area contributed by atoms with E-state index in [0.29, 0.717) is 18.8 Å². The number of fused-ring (bicyclic) bond motifs is 1. The molecule has 4 rings (SSSR count). The van der Waals surface area contributed by atoms with Crippen LogP contribution in [0.15, 0.2) is 60.8 Å². The summed E-state index contributed by atoms with van der Waals surface area (Å²) in [4.78, 5) is 12.6. The van der Waals surface area contributed by atoms with E-state index in [0.717, 1.165) is 17.7 Å². The minimum atomic E-state index is -0.222. The van der Waals surface area contributed by atoms with E-state index in [9.17, 15) is 4.79 Å². The van der Waals surface area contributed by atoms with E-state index in [1.807, 2.05) is 42.5 Å². The van der Waals surface area contributed by atoms with Gasteiger partial charge < -0.3 is 10.1 Å². The molecule has 0 bridgehead atoms. The van der Waals surface area contributed by atoms with Crippen LogP contribution in [0.3, 0.4) is 0 Å².